The summed E-state index contributed by atoms with van der Waals surface area (Å²) < 4.78 is 5.63. The van der Waals surface area contributed by atoms with Crippen LogP contribution in [0.3, 0.4) is 0 Å². The Morgan fingerprint density at radius 3 is 2.70 bits per heavy atom. The maximum Gasteiger partial charge on any atom is 0.150 e. The maximum atomic E-state index is 6.47. The van der Waals surface area contributed by atoms with Gasteiger partial charge in [0.25, 0.3) is 0 Å². The quantitative estimate of drug-likeness (QED) is 0.424. The third-order valence-electron chi connectivity index (χ3n) is 3.99. The van der Waals surface area contributed by atoms with Gasteiger partial charge in [-0.25, -0.2) is 19.9 Å². The van der Waals surface area contributed by atoms with Crippen molar-refractivity contribution in [2.75, 3.05) is 0 Å². The number of rotatable bonds is 3. The minimum atomic E-state index is 0.382. The summed E-state index contributed by atoms with van der Waals surface area (Å²) in [6.07, 6.45) is 8.26. The second-order valence-electron chi connectivity index (χ2n) is 5.67. The topological polar surface area (TPSA) is 77.6 Å². The lowest BCUT2D eigenvalue weighted by Crippen LogP contribution is -1.90. The Labute approximate surface area is 162 Å². The maximum absolute atomic E-state index is 6.47. The van der Waals surface area contributed by atoms with Crippen LogP contribution in [-0.2, 0) is 0 Å². The van der Waals surface area contributed by atoms with Crippen LogP contribution in [0.1, 0.15) is 0 Å². The van der Waals surface area contributed by atoms with E-state index in [0.717, 1.165) is 32.1 Å². The number of nitrogens with zero attached hydrogens (tertiary/aromatic N) is 5. The number of hydrogen-bond donors (Lipinski definition) is 0. The molecule has 0 bridgehead atoms. The lowest BCUT2D eigenvalue weighted by atomic mass is 10.1. The summed E-state index contributed by atoms with van der Waals surface area (Å²) in [6.45, 7) is 0. The van der Waals surface area contributed by atoms with Crippen molar-refractivity contribution in [3.8, 4) is 32.5 Å². The van der Waals surface area contributed by atoms with Crippen LogP contribution < -0.4 is 0 Å². The van der Waals surface area contributed by atoms with Crippen LogP contribution in [0.15, 0.2) is 65.9 Å². The Hall–Kier alpha value is -3.16. The molecule has 0 saturated carbocycles. The molecule has 5 rings (SSSR count). The van der Waals surface area contributed by atoms with Gasteiger partial charge in [0.15, 0.2) is 0 Å². The van der Waals surface area contributed by atoms with Gasteiger partial charge in [0, 0.05) is 35.6 Å². The van der Waals surface area contributed by atoms with E-state index < -0.39 is 0 Å². The van der Waals surface area contributed by atoms with Crippen molar-refractivity contribution < 1.29 is 4.42 Å². The van der Waals surface area contributed by atoms with E-state index in [4.69, 9.17) is 21.0 Å². The van der Waals surface area contributed by atoms with E-state index in [1.807, 2.05) is 30.3 Å². The highest BCUT2D eigenvalue weighted by Crippen LogP contribution is 2.41. The lowest BCUT2D eigenvalue weighted by molar-refractivity contribution is 0.616. The van der Waals surface area contributed by atoms with Crippen LogP contribution in [0.2, 0.25) is 5.15 Å². The summed E-state index contributed by atoms with van der Waals surface area (Å²) >= 11 is 7.91. The van der Waals surface area contributed by atoms with Crippen molar-refractivity contribution in [2.24, 2.45) is 0 Å². The number of fused-ring (bicyclic) bond motifs is 1. The molecule has 0 spiro atoms. The first-order valence-corrected chi connectivity index (χ1v) is 9.21. The fourth-order valence-electron chi connectivity index (χ4n) is 2.76. The molecule has 0 amide bonds. The summed E-state index contributed by atoms with van der Waals surface area (Å²) in [5.74, 6) is 0. The molecule has 0 fully saturated rings. The van der Waals surface area contributed by atoms with E-state index in [1.54, 1.807) is 24.9 Å². The van der Waals surface area contributed by atoms with Crippen LogP contribution in [0.4, 0.5) is 0 Å². The van der Waals surface area contributed by atoms with Gasteiger partial charge in [-0.2, -0.15) is 0 Å². The van der Waals surface area contributed by atoms with Crippen LogP contribution >= 0.6 is 22.9 Å². The molecule has 0 unspecified atom stereocenters. The first-order valence-electron chi connectivity index (χ1n) is 8.01. The van der Waals surface area contributed by atoms with Crippen LogP contribution in [0.25, 0.3) is 43.5 Å². The molecule has 5 aromatic rings. The number of thiazole rings is 1. The predicted molar refractivity (Wildman–Crippen MR) is 104 cm³/mol. The van der Waals surface area contributed by atoms with Crippen LogP contribution in [0.5, 0.6) is 0 Å². The smallest absolute Gasteiger partial charge is 0.150 e. The summed E-state index contributed by atoms with van der Waals surface area (Å²) in [5, 5.41) is 1.99. The SMILES string of the molecule is Clc1nc(-c2cncnc2)sc1-c1nc(-c2ccccn2)cc2occc12. The third kappa shape index (κ3) is 2.87. The number of furan rings is 1. The van der Waals surface area contributed by atoms with Gasteiger partial charge in [-0.1, -0.05) is 17.7 Å². The molecular formula is C19H10ClN5OS. The summed E-state index contributed by atoms with van der Waals surface area (Å²) in [4.78, 5) is 22.5. The summed E-state index contributed by atoms with van der Waals surface area (Å²) in [7, 11) is 0. The first kappa shape index (κ1) is 16.0. The second-order valence-corrected chi connectivity index (χ2v) is 7.03. The molecule has 0 aliphatic heterocycles. The number of hydrogen-bond acceptors (Lipinski definition) is 7. The van der Waals surface area contributed by atoms with Crippen molar-refractivity contribution in [3.63, 3.8) is 0 Å². The molecule has 0 radical (unpaired) electrons. The fraction of sp³-hybridized carbons (Fsp3) is 0. The van der Waals surface area contributed by atoms with Gasteiger partial charge >= 0.3 is 0 Å². The van der Waals surface area contributed by atoms with Crippen molar-refractivity contribution in [2.45, 2.75) is 0 Å². The minimum absolute atomic E-state index is 0.382. The van der Waals surface area contributed by atoms with Gasteiger partial charge in [0.2, 0.25) is 0 Å². The molecule has 8 heteroatoms. The molecule has 27 heavy (non-hydrogen) atoms. The van der Waals surface area contributed by atoms with Gasteiger partial charge < -0.3 is 4.42 Å². The molecule has 5 aromatic heterocycles. The first-order chi connectivity index (χ1) is 13.3. The zero-order chi connectivity index (χ0) is 18.2. The zero-order valence-electron chi connectivity index (χ0n) is 13.7. The van der Waals surface area contributed by atoms with E-state index in [0.29, 0.717) is 16.5 Å². The van der Waals surface area contributed by atoms with Gasteiger partial charge in [-0.05, 0) is 18.2 Å². The Balaban J connectivity index is 1.71. The highest BCUT2D eigenvalue weighted by Gasteiger charge is 2.19. The Morgan fingerprint density at radius 1 is 1.00 bits per heavy atom. The molecule has 130 valence electrons. The summed E-state index contributed by atoms with van der Waals surface area (Å²) in [6, 6.07) is 9.44. The zero-order valence-corrected chi connectivity index (χ0v) is 15.3. The van der Waals surface area contributed by atoms with Gasteiger partial charge in [-0.3, -0.25) is 4.98 Å². The highest BCUT2D eigenvalue weighted by atomic mass is 35.5. The molecule has 0 aromatic carbocycles. The minimum Gasteiger partial charge on any atom is -0.464 e. The number of aromatic nitrogens is 5. The van der Waals surface area contributed by atoms with E-state index >= 15 is 0 Å². The van der Waals surface area contributed by atoms with Crippen molar-refractivity contribution in [1.29, 1.82) is 0 Å². The largest absolute Gasteiger partial charge is 0.464 e. The van der Waals surface area contributed by atoms with Gasteiger partial charge in [0.1, 0.15) is 22.1 Å². The van der Waals surface area contributed by atoms with Crippen molar-refractivity contribution in [3.05, 3.63) is 66.7 Å². The lowest BCUT2D eigenvalue weighted by Gasteiger charge is -2.04. The van der Waals surface area contributed by atoms with Crippen LogP contribution in [-0.4, -0.2) is 24.9 Å². The van der Waals surface area contributed by atoms with E-state index in [9.17, 15) is 0 Å². The normalized spacial score (nSPS) is 11.1. The van der Waals surface area contributed by atoms with Gasteiger partial charge in [0.05, 0.1) is 28.2 Å². The molecule has 6 nitrogen and oxygen atoms in total. The molecular weight excluding hydrogens is 382 g/mol. The van der Waals surface area contributed by atoms with Crippen molar-refractivity contribution in [1.82, 2.24) is 24.9 Å². The van der Waals surface area contributed by atoms with E-state index in [-0.39, 0.29) is 0 Å². The predicted octanol–water partition coefficient (Wildman–Crippen LogP) is 5.12. The van der Waals surface area contributed by atoms with Crippen LogP contribution in [0, 0.1) is 0 Å². The third-order valence-corrected chi connectivity index (χ3v) is 5.48. The highest BCUT2D eigenvalue weighted by molar-refractivity contribution is 7.19. The standard InChI is InChI=1S/C19H10ClN5OS/c20-18-17(27-19(25-18)11-8-21-10-22-9-11)16-12-4-6-26-15(12)7-14(24-16)13-3-1-2-5-23-13/h1-10H. The molecule has 0 atom stereocenters. The monoisotopic (exact) mass is 391 g/mol. The van der Waals surface area contributed by atoms with E-state index in [2.05, 4.69) is 19.9 Å². The van der Waals surface area contributed by atoms with Gasteiger partial charge in [-0.15, -0.1) is 11.3 Å². The molecule has 0 N–H and O–H groups in total. The fourth-order valence-corrected chi connectivity index (χ4v) is 4.04. The Kier molecular flexibility index (Phi) is 3.88. The average Bonchev–Trinajstić information content (AvgIpc) is 3.35. The molecule has 0 saturated heterocycles. The molecule has 0 aliphatic carbocycles. The second kappa shape index (κ2) is 6.53. The molecule has 5 heterocycles. The summed E-state index contributed by atoms with van der Waals surface area (Å²) in [5.41, 5.74) is 3.71. The van der Waals surface area contributed by atoms with Crippen molar-refractivity contribution >= 4 is 33.9 Å². The average molecular weight is 392 g/mol. The Morgan fingerprint density at radius 2 is 1.89 bits per heavy atom. The Bertz CT molecular complexity index is 1240. The number of halogens is 1. The van der Waals surface area contributed by atoms with E-state index in [1.165, 1.54) is 17.7 Å². The molecule has 0 aliphatic rings. The number of pyridine rings is 2.